The van der Waals surface area contributed by atoms with Gasteiger partial charge in [-0.05, 0) is 54.8 Å². The van der Waals surface area contributed by atoms with Gasteiger partial charge in [-0.1, -0.05) is 30.3 Å². The number of carbonyl (C=O) groups is 1. The van der Waals surface area contributed by atoms with Gasteiger partial charge in [0.2, 0.25) is 0 Å². The van der Waals surface area contributed by atoms with Gasteiger partial charge in [-0.25, -0.2) is 4.98 Å². The Labute approximate surface area is 164 Å². The lowest BCUT2D eigenvalue weighted by atomic mass is 10.1. The van der Waals surface area contributed by atoms with E-state index >= 15 is 0 Å². The second-order valence-electron chi connectivity index (χ2n) is 6.87. The van der Waals surface area contributed by atoms with Gasteiger partial charge in [-0.15, -0.1) is 0 Å². The Hall–Kier alpha value is -3.65. The van der Waals surface area contributed by atoms with Crippen LogP contribution in [0.15, 0.2) is 66.9 Å². The zero-order valence-electron chi connectivity index (χ0n) is 15.6. The largest absolute Gasteiger partial charge is 0.364 e. The van der Waals surface area contributed by atoms with E-state index in [4.69, 9.17) is 5.26 Å². The molecule has 1 amide bonds. The van der Waals surface area contributed by atoms with Gasteiger partial charge in [0.15, 0.2) is 0 Å². The molecule has 1 aromatic heterocycles. The molecule has 1 aliphatic heterocycles. The molecule has 4 rings (SSSR count). The van der Waals surface area contributed by atoms with Crippen molar-refractivity contribution in [1.82, 2.24) is 4.98 Å². The highest BCUT2D eigenvalue weighted by molar-refractivity contribution is 6.07. The number of nitrogens with one attached hydrogen (secondary N) is 1. The molecule has 1 aliphatic rings. The summed E-state index contributed by atoms with van der Waals surface area (Å²) in [5, 5.41) is 12.4. The zero-order valence-corrected chi connectivity index (χ0v) is 15.6. The standard InChI is InChI=1S/C23H20N4O/c1-16(19-7-4-5-17(13-19)14-24)26-22-10-9-20(15-25-22)23(28)27-12-11-18-6-2-3-8-21(18)27/h2-10,13,15-16H,11-12H2,1H3,(H,25,26). The van der Waals surface area contributed by atoms with Crippen LogP contribution in [0.3, 0.4) is 0 Å². The summed E-state index contributed by atoms with van der Waals surface area (Å²) in [7, 11) is 0. The first kappa shape index (κ1) is 17.7. The number of aromatic nitrogens is 1. The van der Waals surface area contributed by atoms with Crippen molar-refractivity contribution >= 4 is 17.4 Å². The molecule has 3 aromatic rings. The number of nitrogens with zero attached hydrogens (tertiary/aromatic N) is 3. The number of rotatable bonds is 4. The Morgan fingerprint density at radius 1 is 1.18 bits per heavy atom. The van der Waals surface area contributed by atoms with Crippen LogP contribution in [0.2, 0.25) is 0 Å². The van der Waals surface area contributed by atoms with Crippen LogP contribution in [0.4, 0.5) is 11.5 Å². The fourth-order valence-electron chi connectivity index (χ4n) is 3.49. The number of hydrogen-bond donors (Lipinski definition) is 1. The maximum Gasteiger partial charge on any atom is 0.259 e. The third-order valence-corrected chi connectivity index (χ3v) is 5.02. The fraction of sp³-hybridized carbons (Fsp3) is 0.174. The smallest absolute Gasteiger partial charge is 0.259 e. The van der Waals surface area contributed by atoms with E-state index in [0.29, 0.717) is 23.5 Å². The third-order valence-electron chi connectivity index (χ3n) is 5.02. The van der Waals surface area contributed by atoms with Crippen molar-refractivity contribution in [3.63, 3.8) is 0 Å². The lowest BCUT2D eigenvalue weighted by molar-refractivity contribution is 0.0989. The molecule has 0 saturated heterocycles. The van der Waals surface area contributed by atoms with E-state index in [2.05, 4.69) is 22.4 Å². The van der Waals surface area contributed by atoms with Crippen LogP contribution in [0.5, 0.6) is 0 Å². The molecule has 1 unspecified atom stereocenters. The number of fused-ring (bicyclic) bond motifs is 1. The van der Waals surface area contributed by atoms with Crippen molar-refractivity contribution in [3.8, 4) is 6.07 Å². The summed E-state index contributed by atoms with van der Waals surface area (Å²) in [6.07, 6.45) is 2.50. The second-order valence-corrected chi connectivity index (χ2v) is 6.87. The summed E-state index contributed by atoms with van der Waals surface area (Å²) < 4.78 is 0. The fourth-order valence-corrected chi connectivity index (χ4v) is 3.49. The zero-order chi connectivity index (χ0) is 19.5. The Morgan fingerprint density at radius 2 is 2.04 bits per heavy atom. The van der Waals surface area contributed by atoms with Gasteiger partial charge in [-0.2, -0.15) is 5.26 Å². The normalized spacial score (nSPS) is 13.5. The highest BCUT2D eigenvalue weighted by atomic mass is 16.2. The number of amides is 1. The molecule has 5 heteroatoms. The second kappa shape index (κ2) is 7.53. The Bertz CT molecular complexity index is 1050. The monoisotopic (exact) mass is 368 g/mol. The molecule has 0 radical (unpaired) electrons. The molecule has 0 bridgehead atoms. The Kier molecular flexibility index (Phi) is 4.77. The van der Waals surface area contributed by atoms with Gasteiger partial charge >= 0.3 is 0 Å². The van der Waals surface area contributed by atoms with Gasteiger partial charge in [0.1, 0.15) is 5.82 Å². The minimum atomic E-state index is -0.0289. The lowest BCUT2D eigenvalue weighted by Gasteiger charge is -2.18. The van der Waals surface area contributed by atoms with Crippen molar-refractivity contribution in [2.45, 2.75) is 19.4 Å². The molecule has 0 spiro atoms. The van der Waals surface area contributed by atoms with E-state index in [-0.39, 0.29) is 11.9 Å². The Morgan fingerprint density at radius 3 is 2.82 bits per heavy atom. The molecule has 2 aromatic carbocycles. The minimum absolute atomic E-state index is 0.00666. The first-order valence-corrected chi connectivity index (χ1v) is 9.28. The molecular formula is C23H20N4O. The van der Waals surface area contributed by atoms with E-state index in [0.717, 1.165) is 17.7 Å². The third kappa shape index (κ3) is 3.45. The summed E-state index contributed by atoms with van der Waals surface area (Å²) in [5.74, 6) is 0.659. The lowest BCUT2D eigenvalue weighted by Crippen LogP contribution is -2.29. The summed E-state index contributed by atoms with van der Waals surface area (Å²) in [6, 6.07) is 21.3. The van der Waals surface area contributed by atoms with E-state index in [9.17, 15) is 4.79 Å². The summed E-state index contributed by atoms with van der Waals surface area (Å²) in [5.41, 5.74) is 4.40. The summed E-state index contributed by atoms with van der Waals surface area (Å²) >= 11 is 0. The SMILES string of the molecule is CC(Nc1ccc(C(=O)N2CCc3ccccc32)cn1)c1cccc(C#N)c1. The van der Waals surface area contributed by atoms with Gasteiger partial charge in [0.25, 0.3) is 5.91 Å². The maximum atomic E-state index is 12.9. The molecule has 5 nitrogen and oxygen atoms in total. The highest BCUT2D eigenvalue weighted by Crippen LogP contribution is 2.29. The van der Waals surface area contributed by atoms with Crippen LogP contribution in [-0.4, -0.2) is 17.4 Å². The molecule has 0 saturated carbocycles. The first-order chi connectivity index (χ1) is 13.7. The number of para-hydroxylation sites is 1. The van der Waals surface area contributed by atoms with Crippen molar-refractivity contribution in [2.75, 3.05) is 16.8 Å². The van der Waals surface area contributed by atoms with E-state index in [1.165, 1.54) is 5.56 Å². The molecule has 2 heterocycles. The molecule has 0 fully saturated rings. The average molecular weight is 368 g/mol. The maximum absolute atomic E-state index is 12.9. The van der Waals surface area contributed by atoms with Crippen LogP contribution in [0.25, 0.3) is 0 Å². The number of nitriles is 1. The molecule has 1 atom stereocenters. The van der Waals surface area contributed by atoms with Gasteiger partial charge in [0, 0.05) is 24.5 Å². The quantitative estimate of drug-likeness (QED) is 0.744. The molecule has 138 valence electrons. The highest BCUT2D eigenvalue weighted by Gasteiger charge is 2.25. The predicted molar refractivity (Wildman–Crippen MR) is 109 cm³/mol. The van der Waals surface area contributed by atoms with Crippen LogP contribution in [-0.2, 0) is 6.42 Å². The number of anilines is 2. The van der Waals surface area contributed by atoms with Crippen molar-refractivity contribution in [1.29, 1.82) is 5.26 Å². The predicted octanol–water partition coefficient (Wildman–Crippen LogP) is 4.33. The van der Waals surface area contributed by atoms with E-state index in [1.54, 1.807) is 18.3 Å². The molecule has 28 heavy (non-hydrogen) atoms. The summed E-state index contributed by atoms with van der Waals surface area (Å²) in [4.78, 5) is 19.1. The van der Waals surface area contributed by atoms with Crippen molar-refractivity contribution in [2.24, 2.45) is 0 Å². The van der Waals surface area contributed by atoms with Crippen molar-refractivity contribution < 1.29 is 4.79 Å². The number of hydrogen-bond acceptors (Lipinski definition) is 4. The van der Waals surface area contributed by atoms with Crippen molar-refractivity contribution in [3.05, 3.63) is 89.1 Å². The average Bonchev–Trinajstić information content (AvgIpc) is 3.18. The van der Waals surface area contributed by atoms with Gasteiger partial charge in [0.05, 0.1) is 17.2 Å². The molecular weight excluding hydrogens is 348 g/mol. The Balaban J connectivity index is 1.47. The number of pyridine rings is 1. The van der Waals surface area contributed by atoms with Crippen LogP contribution >= 0.6 is 0 Å². The topological polar surface area (TPSA) is 69.0 Å². The van der Waals surface area contributed by atoms with Gasteiger partial charge < -0.3 is 10.2 Å². The summed E-state index contributed by atoms with van der Waals surface area (Å²) in [6.45, 7) is 2.71. The number of carbonyl (C=O) groups excluding carboxylic acids is 1. The van der Waals surface area contributed by atoms with Crippen LogP contribution in [0.1, 0.15) is 40.0 Å². The molecule has 0 aliphatic carbocycles. The number of benzene rings is 2. The van der Waals surface area contributed by atoms with E-state index < -0.39 is 0 Å². The minimum Gasteiger partial charge on any atom is -0.364 e. The first-order valence-electron chi connectivity index (χ1n) is 9.28. The van der Waals surface area contributed by atoms with E-state index in [1.807, 2.05) is 54.3 Å². The van der Waals surface area contributed by atoms with Crippen LogP contribution in [0, 0.1) is 11.3 Å². The molecule has 1 N–H and O–H groups in total. The van der Waals surface area contributed by atoms with Gasteiger partial charge in [-0.3, -0.25) is 4.79 Å². The van der Waals surface area contributed by atoms with Crippen LogP contribution < -0.4 is 10.2 Å².